The van der Waals surface area contributed by atoms with Crippen molar-refractivity contribution in [3.63, 3.8) is 0 Å². The van der Waals surface area contributed by atoms with Crippen molar-refractivity contribution in [2.75, 3.05) is 40.3 Å². The second kappa shape index (κ2) is 6.85. The summed E-state index contributed by atoms with van der Waals surface area (Å²) in [6, 6.07) is 0.640. The standard InChI is InChI=1S/C14H31N3O/c1-14(2,3)15-9-13(18)11-17-8-6-7-12(10-17)16(4)5/h12-13,15,18H,6-11H2,1-5H3. The molecule has 1 aliphatic rings. The number of aliphatic hydroxyl groups is 1. The molecule has 0 amide bonds. The molecule has 1 heterocycles. The summed E-state index contributed by atoms with van der Waals surface area (Å²) in [7, 11) is 4.29. The summed E-state index contributed by atoms with van der Waals surface area (Å²) >= 11 is 0. The molecule has 0 radical (unpaired) electrons. The second-order valence-electron chi connectivity index (χ2n) is 6.80. The molecule has 2 atom stereocenters. The summed E-state index contributed by atoms with van der Waals surface area (Å²) in [6.45, 7) is 10.0. The summed E-state index contributed by atoms with van der Waals surface area (Å²) in [4.78, 5) is 4.69. The summed E-state index contributed by atoms with van der Waals surface area (Å²) < 4.78 is 0. The largest absolute Gasteiger partial charge is 0.390 e. The van der Waals surface area contributed by atoms with Gasteiger partial charge >= 0.3 is 0 Å². The average Bonchev–Trinajstić information content (AvgIpc) is 2.26. The first-order valence-electron chi connectivity index (χ1n) is 7.10. The molecule has 1 aliphatic heterocycles. The average molecular weight is 257 g/mol. The zero-order valence-electron chi connectivity index (χ0n) is 12.7. The number of aliphatic hydroxyl groups excluding tert-OH is 1. The van der Waals surface area contributed by atoms with E-state index in [1.165, 1.54) is 12.8 Å². The Kier molecular flexibility index (Phi) is 6.05. The molecule has 0 aromatic heterocycles. The monoisotopic (exact) mass is 257 g/mol. The predicted molar refractivity (Wildman–Crippen MR) is 76.9 cm³/mol. The number of nitrogens with one attached hydrogen (secondary N) is 1. The molecule has 0 aliphatic carbocycles. The molecule has 108 valence electrons. The highest BCUT2D eigenvalue weighted by atomic mass is 16.3. The van der Waals surface area contributed by atoms with Gasteiger partial charge in [0, 0.05) is 31.2 Å². The summed E-state index contributed by atoms with van der Waals surface area (Å²) in [5.41, 5.74) is 0.0784. The van der Waals surface area contributed by atoms with Crippen LogP contribution in [0, 0.1) is 0 Å². The molecule has 1 saturated heterocycles. The van der Waals surface area contributed by atoms with Crippen LogP contribution in [0.15, 0.2) is 0 Å². The maximum Gasteiger partial charge on any atom is 0.0791 e. The molecule has 4 nitrogen and oxygen atoms in total. The Morgan fingerprint density at radius 3 is 2.61 bits per heavy atom. The normalized spacial score (nSPS) is 24.5. The molecular formula is C14H31N3O. The highest BCUT2D eigenvalue weighted by Crippen LogP contribution is 2.13. The molecule has 0 aromatic carbocycles. The van der Waals surface area contributed by atoms with Gasteiger partial charge in [0.1, 0.15) is 0 Å². The van der Waals surface area contributed by atoms with E-state index in [4.69, 9.17) is 0 Å². The molecule has 18 heavy (non-hydrogen) atoms. The Labute approximate surface area is 112 Å². The molecule has 1 rings (SSSR count). The smallest absolute Gasteiger partial charge is 0.0791 e. The molecule has 4 heteroatoms. The summed E-state index contributed by atoms with van der Waals surface area (Å²) in [5.74, 6) is 0. The van der Waals surface area contributed by atoms with Crippen molar-refractivity contribution in [3.05, 3.63) is 0 Å². The van der Waals surface area contributed by atoms with Crippen LogP contribution in [0.4, 0.5) is 0 Å². The van der Waals surface area contributed by atoms with E-state index in [9.17, 15) is 5.11 Å². The van der Waals surface area contributed by atoms with Crippen LogP contribution >= 0.6 is 0 Å². The topological polar surface area (TPSA) is 38.7 Å². The fraction of sp³-hybridized carbons (Fsp3) is 1.00. The van der Waals surface area contributed by atoms with Gasteiger partial charge in [-0.25, -0.2) is 0 Å². The number of β-amino-alcohol motifs (C(OH)–C–C–N with tert-alkyl or cyclic N) is 1. The van der Waals surface area contributed by atoms with Crippen molar-refractivity contribution in [1.29, 1.82) is 0 Å². The maximum atomic E-state index is 10.1. The molecule has 2 N–H and O–H groups in total. The maximum absolute atomic E-state index is 10.1. The van der Waals surface area contributed by atoms with Crippen LogP contribution < -0.4 is 5.32 Å². The van der Waals surface area contributed by atoms with Crippen LogP contribution in [0.2, 0.25) is 0 Å². The Morgan fingerprint density at radius 1 is 1.39 bits per heavy atom. The number of hydrogen-bond donors (Lipinski definition) is 2. The van der Waals surface area contributed by atoms with Crippen LogP contribution in [0.25, 0.3) is 0 Å². The van der Waals surface area contributed by atoms with Gasteiger partial charge in [-0.1, -0.05) is 0 Å². The van der Waals surface area contributed by atoms with Gasteiger partial charge in [0.05, 0.1) is 6.10 Å². The van der Waals surface area contributed by atoms with Crippen LogP contribution in [-0.4, -0.2) is 72.9 Å². The zero-order valence-corrected chi connectivity index (χ0v) is 12.7. The number of likely N-dealkylation sites (tertiary alicyclic amines) is 1. The van der Waals surface area contributed by atoms with E-state index in [1.807, 2.05) is 0 Å². The minimum atomic E-state index is -0.273. The molecule has 2 unspecified atom stereocenters. The number of likely N-dealkylation sites (N-methyl/N-ethyl adjacent to an activating group) is 1. The third kappa shape index (κ3) is 6.14. The van der Waals surface area contributed by atoms with Gasteiger partial charge in [-0.3, -0.25) is 4.90 Å². The number of nitrogens with zero attached hydrogens (tertiary/aromatic N) is 2. The van der Waals surface area contributed by atoms with Crippen molar-refractivity contribution in [2.45, 2.75) is 51.3 Å². The van der Waals surface area contributed by atoms with Gasteiger partial charge in [-0.2, -0.15) is 0 Å². The van der Waals surface area contributed by atoms with Gasteiger partial charge in [-0.15, -0.1) is 0 Å². The zero-order chi connectivity index (χ0) is 13.8. The molecule has 0 aromatic rings. The van der Waals surface area contributed by atoms with Crippen LogP contribution in [0.5, 0.6) is 0 Å². The van der Waals surface area contributed by atoms with E-state index in [1.54, 1.807) is 0 Å². The minimum Gasteiger partial charge on any atom is -0.390 e. The van der Waals surface area contributed by atoms with E-state index < -0.39 is 0 Å². The molecule has 1 fully saturated rings. The van der Waals surface area contributed by atoms with Gasteiger partial charge in [0.2, 0.25) is 0 Å². The van der Waals surface area contributed by atoms with Crippen LogP contribution in [0.1, 0.15) is 33.6 Å². The van der Waals surface area contributed by atoms with E-state index in [2.05, 4.69) is 50.0 Å². The van der Waals surface area contributed by atoms with Gasteiger partial charge in [0.25, 0.3) is 0 Å². The lowest BCUT2D eigenvalue weighted by Crippen LogP contribution is -2.50. The fourth-order valence-electron chi connectivity index (χ4n) is 2.41. The summed E-state index contributed by atoms with van der Waals surface area (Å²) in [6.07, 6.45) is 2.24. The lowest BCUT2D eigenvalue weighted by molar-refractivity contribution is 0.0690. The highest BCUT2D eigenvalue weighted by molar-refractivity contribution is 4.81. The SMILES string of the molecule is CN(C)C1CCCN(CC(O)CNC(C)(C)C)C1. The third-order valence-corrected chi connectivity index (χ3v) is 3.55. The Hall–Kier alpha value is -0.160. The summed E-state index contributed by atoms with van der Waals surface area (Å²) in [5, 5.41) is 13.4. The molecular weight excluding hydrogens is 226 g/mol. The highest BCUT2D eigenvalue weighted by Gasteiger charge is 2.23. The van der Waals surface area contributed by atoms with Crippen molar-refractivity contribution < 1.29 is 5.11 Å². The lowest BCUT2D eigenvalue weighted by atomic mass is 10.0. The molecule has 0 bridgehead atoms. The van der Waals surface area contributed by atoms with E-state index >= 15 is 0 Å². The first-order chi connectivity index (χ1) is 8.28. The fourth-order valence-corrected chi connectivity index (χ4v) is 2.41. The first-order valence-corrected chi connectivity index (χ1v) is 7.10. The van der Waals surface area contributed by atoms with E-state index in [0.29, 0.717) is 12.6 Å². The van der Waals surface area contributed by atoms with E-state index in [-0.39, 0.29) is 11.6 Å². The Balaban J connectivity index is 2.29. The van der Waals surface area contributed by atoms with Gasteiger partial charge in [0.15, 0.2) is 0 Å². The van der Waals surface area contributed by atoms with Gasteiger partial charge in [-0.05, 0) is 54.3 Å². The van der Waals surface area contributed by atoms with Gasteiger partial charge < -0.3 is 15.3 Å². The number of rotatable bonds is 5. The first kappa shape index (κ1) is 15.9. The number of piperidine rings is 1. The van der Waals surface area contributed by atoms with Crippen molar-refractivity contribution in [2.24, 2.45) is 0 Å². The Bertz CT molecular complexity index is 238. The molecule has 0 saturated carbocycles. The predicted octanol–water partition coefficient (Wildman–Crippen LogP) is 0.761. The van der Waals surface area contributed by atoms with Crippen LogP contribution in [0.3, 0.4) is 0 Å². The third-order valence-electron chi connectivity index (χ3n) is 3.55. The van der Waals surface area contributed by atoms with Crippen LogP contribution in [-0.2, 0) is 0 Å². The quantitative estimate of drug-likeness (QED) is 0.763. The molecule has 0 spiro atoms. The van der Waals surface area contributed by atoms with Crippen molar-refractivity contribution in [3.8, 4) is 0 Å². The number of hydrogen-bond acceptors (Lipinski definition) is 4. The lowest BCUT2D eigenvalue weighted by Gasteiger charge is -2.37. The second-order valence-corrected chi connectivity index (χ2v) is 6.80. The van der Waals surface area contributed by atoms with Crippen molar-refractivity contribution in [1.82, 2.24) is 15.1 Å². The van der Waals surface area contributed by atoms with E-state index in [0.717, 1.165) is 19.6 Å². The Morgan fingerprint density at radius 2 is 2.06 bits per heavy atom. The van der Waals surface area contributed by atoms with Crippen molar-refractivity contribution >= 4 is 0 Å². The minimum absolute atomic E-state index is 0.0784.